The molecule has 0 amide bonds. The Bertz CT molecular complexity index is 258. The minimum atomic E-state index is 0.0432. The van der Waals surface area contributed by atoms with Gasteiger partial charge in [0.1, 0.15) is 5.69 Å². The van der Waals surface area contributed by atoms with E-state index in [9.17, 15) is 0 Å². The number of rotatable bonds is 1. The van der Waals surface area contributed by atoms with Gasteiger partial charge in [-0.3, -0.25) is 5.41 Å². The third-order valence-electron chi connectivity index (χ3n) is 1.16. The molecule has 1 rings (SSSR count). The van der Waals surface area contributed by atoms with Gasteiger partial charge in [-0.1, -0.05) is 11.6 Å². The van der Waals surface area contributed by atoms with Crippen LogP contribution in [0.5, 0.6) is 0 Å². The second kappa shape index (κ2) is 3.34. The van der Waals surface area contributed by atoms with Crippen molar-refractivity contribution in [3.63, 3.8) is 0 Å². The lowest BCUT2D eigenvalue weighted by molar-refractivity contribution is 0.399. The molecule has 0 bridgehead atoms. The molecule has 0 spiro atoms. The summed E-state index contributed by atoms with van der Waals surface area (Å²) >= 11 is 5.59. The molecule has 4 heteroatoms. The second-order valence-corrected chi connectivity index (χ2v) is 2.33. The van der Waals surface area contributed by atoms with Crippen molar-refractivity contribution >= 4 is 17.5 Å². The van der Waals surface area contributed by atoms with Crippen LogP contribution in [0.4, 0.5) is 0 Å². The largest absolute Gasteiger partial charge is 0.480 e. The highest BCUT2D eigenvalue weighted by Crippen LogP contribution is 2.06. The summed E-state index contributed by atoms with van der Waals surface area (Å²) in [5.41, 5.74) is 0.483. The fourth-order valence-electron chi connectivity index (χ4n) is 0.615. The molecule has 1 N–H and O–H groups in total. The van der Waals surface area contributed by atoms with Gasteiger partial charge in [-0.2, -0.15) is 0 Å². The summed E-state index contributed by atoms with van der Waals surface area (Å²) in [7, 11) is 1.43. The molecule has 1 aromatic heterocycles. The summed E-state index contributed by atoms with van der Waals surface area (Å²) in [5, 5.41) is 7.77. The van der Waals surface area contributed by atoms with Gasteiger partial charge in [0.2, 0.25) is 5.90 Å². The quantitative estimate of drug-likeness (QED) is 0.515. The van der Waals surface area contributed by atoms with E-state index in [4.69, 9.17) is 17.0 Å². The lowest BCUT2D eigenvalue weighted by Crippen LogP contribution is -2.03. The molecule has 0 atom stereocenters. The van der Waals surface area contributed by atoms with Crippen molar-refractivity contribution in [2.24, 2.45) is 0 Å². The Labute approximate surface area is 69.5 Å². The van der Waals surface area contributed by atoms with Crippen LogP contribution >= 0.6 is 11.6 Å². The fraction of sp³-hybridized carbons (Fsp3) is 0.143. The first kappa shape index (κ1) is 8.01. The third-order valence-corrected chi connectivity index (χ3v) is 1.39. The van der Waals surface area contributed by atoms with Gasteiger partial charge in [-0.05, 0) is 12.1 Å². The first-order valence-corrected chi connectivity index (χ1v) is 3.36. The number of hydrogen-bond acceptors (Lipinski definition) is 3. The molecule has 0 aliphatic rings. The summed E-state index contributed by atoms with van der Waals surface area (Å²) in [6, 6.07) is 3.30. The Morgan fingerprint density at radius 1 is 1.64 bits per heavy atom. The van der Waals surface area contributed by atoms with Crippen LogP contribution in [0.1, 0.15) is 5.69 Å². The van der Waals surface area contributed by atoms with E-state index < -0.39 is 0 Å². The number of nitrogens with one attached hydrogen (secondary N) is 1. The summed E-state index contributed by atoms with van der Waals surface area (Å²) < 4.78 is 4.65. The molecule has 0 aliphatic heterocycles. The van der Waals surface area contributed by atoms with E-state index in [-0.39, 0.29) is 5.90 Å². The van der Waals surface area contributed by atoms with E-state index >= 15 is 0 Å². The molecule has 3 nitrogen and oxygen atoms in total. The minimum Gasteiger partial charge on any atom is -0.480 e. The molecule has 0 fully saturated rings. The average molecular weight is 171 g/mol. The van der Waals surface area contributed by atoms with Crippen molar-refractivity contribution in [1.29, 1.82) is 5.41 Å². The van der Waals surface area contributed by atoms with Gasteiger partial charge in [0, 0.05) is 6.20 Å². The molecule has 0 saturated heterocycles. The van der Waals surface area contributed by atoms with Crippen LogP contribution in [0.25, 0.3) is 0 Å². The molecule has 0 aliphatic carbocycles. The molecule has 0 radical (unpaired) electrons. The van der Waals surface area contributed by atoms with Crippen LogP contribution in [-0.4, -0.2) is 18.0 Å². The minimum absolute atomic E-state index is 0.0432. The van der Waals surface area contributed by atoms with E-state index in [1.807, 2.05) is 0 Å². The van der Waals surface area contributed by atoms with Crippen LogP contribution in [0.3, 0.4) is 0 Å². The maximum Gasteiger partial charge on any atom is 0.232 e. The van der Waals surface area contributed by atoms with Gasteiger partial charge < -0.3 is 4.74 Å². The number of hydrogen-bond donors (Lipinski definition) is 1. The Balaban J connectivity index is 2.90. The Kier molecular flexibility index (Phi) is 2.44. The van der Waals surface area contributed by atoms with Gasteiger partial charge in [0.05, 0.1) is 12.1 Å². The lowest BCUT2D eigenvalue weighted by atomic mass is 10.3. The van der Waals surface area contributed by atoms with Gasteiger partial charge >= 0.3 is 0 Å². The van der Waals surface area contributed by atoms with Gasteiger partial charge in [-0.15, -0.1) is 0 Å². The van der Waals surface area contributed by atoms with E-state index in [1.54, 1.807) is 12.1 Å². The van der Waals surface area contributed by atoms with Gasteiger partial charge in [-0.25, -0.2) is 4.98 Å². The first-order valence-electron chi connectivity index (χ1n) is 2.98. The van der Waals surface area contributed by atoms with Crippen LogP contribution < -0.4 is 0 Å². The number of halogens is 1. The highest BCUT2D eigenvalue weighted by Gasteiger charge is 2.00. The molecule has 1 aromatic rings. The molecule has 11 heavy (non-hydrogen) atoms. The normalized spacial score (nSPS) is 9.27. The molecule has 1 heterocycles. The summed E-state index contributed by atoms with van der Waals surface area (Å²) in [5.74, 6) is 0.0432. The van der Waals surface area contributed by atoms with Crippen molar-refractivity contribution in [3.05, 3.63) is 29.0 Å². The van der Waals surface area contributed by atoms with Gasteiger partial charge in [0.15, 0.2) is 0 Å². The average Bonchev–Trinajstić information content (AvgIpc) is 2.05. The fourth-order valence-corrected chi connectivity index (χ4v) is 0.726. The number of pyridine rings is 1. The highest BCUT2D eigenvalue weighted by molar-refractivity contribution is 6.30. The lowest BCUT2D eigenvalue weighted by Gasteiger charge is -1.99. The second-order valence-electron chi connectivity index (χ2n) is 1.89. The molecular formula is C7H7ClN2O. The van der Waals surface area contributed by atoms with Crippen LogP contribution in [0.2, 0.25) is 5.02 Å². The van der Waals surface area contributed by atoms with E-state index in [0.717, 1.165) is 0 Å². The van der Waals surface area contributed by atoms with Crippen LogP contribution in [-0.2, 0) is 4.74 Å². The SMILES string of the molecule is COC(=N)c1ccc(Cl)cn1. The third kappa shape index (κ3) is 1.91. The zero-order valence-corrected chi connectivity index (χ0v) is 6.72. The predicted molar refractivity (Wildman–Crippen MR) is 43.1 cm³/mol. The van der Waals surface area contributed by atoms with Crippen LogP contribution in [0, 0.1) is 5.41 Å². The van der Waals surface area contributed by atoms with Crippen molar-refractivity contribution in [2.45, 2.75) is 0 Å². The van der Waals surface area contributed by atoms with Crippen molar-refractivity contribution in [2.75, 3.05) is 7.11 Å². The standard InChI is InChI=1S/C7H7ClN2O/c1-11-7(9)6-3-2-5(8)4-10-6/h2-4,9H,1H3. The Morgan fingerprint density at radius 3 is 2.82 bits per heavy atom. The number of nitrogens with zero attached hydrogens (tertiary/aromatic N) is 1. The van der Waals surface area contributed by atoms with E-state index in [0.29, 0.717) is 10.7 Å². The monoisotopic (exact) mass is 170 g/mol. The smallest absolute Gasteiger partial charge is 0.232 e. The van der Waals surface area contributed by atoms with E-state index in [1.165, 1.54) is 13.3 Å². The highest BCUT2D eigenvalue weighted by atomic mass is 35.5. The number of ether oxygens (including phenoxy) is 1. The first-order chi connectivity index (χ1) is 5.24. The zero-order valence-electron chi connectivity index (χ0n) is 5.97. The molecule has 58 valence electrons. The maximum atomic E-state index is 7.22. The Hall–Kier alpha value is -1.09. The van der Waals surface area contributed by atoms with Crippen molar-refractivity contribution in [3.8, 4) is 0 Å². The summed E-state index contributed by atoms with van der Waals surface area (Å²) in [6.07, 6.45) is 1.48. The summed E-state index contributed by atoms with van der Waals surface area (Å²) in [4.78, 5) is 3.87. The maximum absolute atomic E-state index is 7.22. The molecule has 0 unspecified atom stereocenters. The predicted octanol–water partition coefficient (Wildman–Crippen LogP) is 1.71. The number of aromatic nitrogens is 1. The van der Waals surface area contributed by atoms with Crippen molar-refractivity contribution < 1.29 is 4.74 Å². The Morgan fingerprint density at radius 2 is 2.36 bits per heavy atom. The zero-order chi connectivity index (χ0) is 8.27. The summed E-state index contributed by atoms with van der Waals surface area (Å²) in [6.45, 7) is 0. The molecular weight excluding hydrogens is 164 g/mol. The molecule has 0 saturated carbocycles. The van der Waals surface area contributed by atoms with E-state index in [2.05, 4.69) is 9.72 Å². The van der Waals surface area contributed by atoms with Crippen molar-refractivity contribution in [1.82, 2.24) is 4.98 Å². The number of methoxy groups -OCH3 is 1. The topological polar surface area (TPSA) is 46.0 Å². The van der Waals surface area contributed by atoms with Crippen LogP contribution in [0.15, 0.2) is 18.3 Å². The molecule has 0 aromatic carbocycles. The van der Waals surface area contributed by atoms with Gasteiger partial charge in [0.25, 0.3) is 0 Å².